The Labute approximate surface area is 124 Å². The first kappa shape index (κ1) is 15.5. The fraction of sp³-hybridized carbons (Fsp3) is 0.667. The SMILES string of the molecule is CC(C)c1nc2c(c(=O)[nH]1)CCN(C(=O)OC(C)(C)C)C2. The molecule has 116 valence electrons. The normalized spacial score (nSPS) is 15.0. The lowest BCUT2D eigenvalue weighted by molar-refractivity contribution is 0.0220. The Kier molecular flexibility index (Phi) is 4.07. The first-order valence-corrected chi connectivity index (χ1v) is 7.27. The monoisotopic (exact) mass is 293 g/mol. The number of aromatic nitrogens is 2. The second kappa shape index (κ2) is 5.50. The number of rotatable bonds is 1. The maximum absolute atomic E-state index is 12.1. The van der Waals surface area contributed by atoms with E-state index < -0.39 is 5.60 Å². The van der Waals surface area contributed by atoms with Crippen LogP contribution >= 0.6 is 0 Å². The molecule has 0 radical (unpaired) electrons. The van der Waals surface area contributed by atoms with E-state index in [1.165, 1.54) is 0 Å². The molecule has 6 heteroatoms. The minimum atomic E-state index is -0.526. The molecule has 2 heterocycles. The van der Waals surface area contributed by atoms with E-state index in [1.54, 1.807) is 4.90 Å². The lowest BCUT2D eigenvalue weighted by Crippen LogP contribution is -2.42. The van der Waals surface area contributed by atoms with Crippen molar-refractivity contribution in [3.05, 3.63) is 27.4 Å². The second-order valence-electron chi connectivity index (χ2n) is 6.68. The van der Waals surface area contributed by atoms with Crippen molar-refractivity contribution in [2.75, 3.05) is 6.54 Å². The minimum absolute atomic E-state index is 0.0902. The molecular formula is C15H23N3O3. The van der Waals surface area contributed by atoms with Gasteiger partial charge < -0.3 is 14.6 Å². The van der Waals surface area contributed by atoms with Crippen LogP contribution in [0.5, 0.6) is 0 Å². The summed E-state index contributed by atoms with van der Waals surface area (Å²) in [5, 5.41) is 0. The molecule has 21 heavy (non-hydrogen) atoms. The summed E-state index contributed by atoms with van der Waals surface area (Å²) in [7, 11) is 0. The summed E-state index contributed by atoms with van der Waals surface area (Å²) >= 11 is 0. The highest BCUT2D eigenvalue weighted by Gasteiger charge is 2.28. The third-order valence-electron chi connectivity index (χ3n) is 3.29. The maximum Gasteiger partial charge on any atom is 0.410 e. The van der Waals surface area contributed by atoms with Crippen LogP contribution in [-0.2, 0) is 17.7 Å². The molecule has 0 unspecified atom stereocenters. The zero-order chi connectivity index (χ0) is 15.8. The van der Waals surface area contributed by atoms with Crippen LogP contribution in [0.25, 0.3) is 0 Å². The van der Waals surface area contributed by atoms with Crippen molar-refractivity contribution in [3.8, 4) is 0 Å². The molecule has 0 spiro atoms. The van der Waals surface area contributed by atoms with Gasteiger partial charge >= 0.3 is 6.09 Å². The van der Waals surface area contributed by atoms with Crippen molar-refractivity contribution >= 4 is 6.09 Å². The maximum atomic E-state index is 12.1. The molecule has 0 atom stereocenters. The van der Waals surface area contributed by atoms with Gasteiger partial charge in [0.25, 0.3) is 5.56 Å². The van der Waals surface area contributed by atoms with Gasteiger partial charge in [0.15, 0.2) is 0 Å². The van der Waals surface area contributed by atoms with Crippen molar-refractivity contribution in [2.24, 2.45) is 0 Å². The van der Waals surface area contributed by atoms with Crippen LogP contribution in [0.1, 0.15) is 57.6 Å². The number of nitrogens with zero attached hydrogens (tertiary/aromatic N) is 2. The van der Waals surface area contributed by atoms with Gasteiger partial charge in [0, 0.05) is 18.0 Å². The van der Waals surface area contributed by atoms with E-state index in [0.29, 0.717) is 36.6 Å². The summed E-state index contributed by atoms with van der Waals surface area (Å²) in [4.78, 5) is 33.1. The van der Waals surface area contributed by atoms with Gasteiger partial charge in [-0.3, -0.25) is 4.79 Å². The number of ether oxygens (including phenoxy) is 1. The number of H-pyrrole nitrogens is 1. The van der Waals surface area contributed by atoms with E-state index in [0.717, 1.165) is 0 Å². The van der Waals surface area contributed by atoms with E-state index in [4.69, 9.17) is 4.74 Å². The van der Waals surface area contributed by atoms with Crippen LogP contribution in [-0.4, -0.2) is 33.1 Å². The van der Waals surface area contributed by atoms with Crippen molar-refractivity contribution in [1.29, 1.82) is 0 Å². The molecule has 1 N–H and O–H groups in total. The smallest absolute Gasteiger partial charge is 0.410 e. The lowest BCUT2D eigenvalue weighted by Gasteiger charge is -2.30. The summed E-state index contributed by atoms with van der Waals surface area (Å²) in [6, 6.07) is 0. The average molecular weight is 293 g/mol. The molecule has 0 fully saturated rings. The van der Waals surface area contributed by atoms with Crippen LogP contribution in [0.3, 0.4) is 0 Å². The van der Waals surface area contributed by atoms with Crippen LogP contribution < -0.4 is 5.56 Å². The molecule has 2 rings (SSSR count). The number of nitrogens with one attached hydrogen (secondary N) is 1. The first-order valence-electron chi connectivity index (χ1n) is 7.27. The molecule has 0 saturated heterocycles. The quantitative estimate of drug-likeness (QED) is 0.861. The Hall–Kier alpha value is -1.85. The Bertz CT molecular complexity index is 599. The third-order valence-corrected chi connectivity index (χ3v) is 3.29. The molecule has 0 bridgehead atoms. The number of hydrogen-bond donors (Lipinski definition) is 1. The molecule has 1 aromatic rings. The molecule has 1 aliphatic heterocycles. The van der Waals surface area contributed by atoms with Crippen LogP contribution in [0, 0.1) is 0 Å². The summed E-state index contributed by atoms with van der Waals surface area (Å²) in [6.45, 7) is 10.3. The first-order chi connectivity index (χ1) is 9.67. The van der Waals surface area contributed by atoms with Gasteiger partial charge in [-0.05, 0) is 27.2 Å². The van der Waals surface area contributed by atoms with Gasteiger partial charge in [0.1, 0.15) is 11.4 Å². The van der Waals surface area contributed by atoms with Gasteiger partial charge in [-0.25, -0.2) is 9.78 Å². The fourth-order valence-corrected chi connectivity index (χ4v) is 2.21. The van der Waals surface area contributed by atoms with Crippen LogP contribution in [0.4, 0.5) is 4.79 Å². The van der Waals surface area contributed by atoms with Crippen molar-refractivity contribution in [2.45, 2.75) is 59.1 Å². The van der Waals surface area contributed by atoms with E-state index >= 15 is 0 Å². The molecular weight excluding hydrogens is 270 g/mol. The zero-order valence-electron chi connectivity index (χ0n) is 13.3. The summed E-state index contributed by atoms with van der Waals surface area (Å²) in [5.41, 5.74) is 0.744. The highest BCUT2D eigenvalue weighted by Crippen LogP contribution is 2.18. The van der Waals surface area contributed by atoms with E-state index in [1.807, 2.05) is 34.6 Å². The standard InChI is InChI=1S/C15H23N3O3/c1-9(2)12-16-11-8-18(14(20)21-15(3,4)5)7-6-10(11)13(19)17-12/h9H,6-8H2,1-5H3,(H,16,17,19). The van der Waals surface area contributed by atoms with Crippen LogP contribution in [0.2, 0.25) is 0 Å². The molecule has 0 aliphatic carbocycles. The fourth-order valence-electron chi connectivity index (χ4n) is 2.21. The topological polar surface area (TPSA) is 75.3 Å². The second-order valence-corrected chi connectivity index (χ2v) is 6.68. The van der Waals surface area contributed by atoms with E-state index in [2.05, 4.69) is 9.97 Å². The molecule has 1 aliphatic rings. The van der Waals surface area contributed by atoms with E-state index in [9.17, 15) is 9.59 Å². The van der Waals surface area contributed by atoms with Gasteiger partial charge in [0.05, 0.1) is 12.2 Å². The predicted octanol–water partition coefficient (Wildman–Crippen LogP) is 2.19. The van der Waals surface area contributed by atoms with Crippen molar-refractivity contribution in [3.63, 3.8) is 0 Å². The number of aromatic amines is 1. The summed E-state index contributed by atoms with van der Waals surface area (Å²) in [5.74, 6) is 0.796. The predicted molar refractivity (Wildman–Crippen MR) is 79.3 cm³/mol. The Morgan fingerprint density at radius 2 is 2.05 bits per heavy atom. The number of carbonyl (C=O) groups excluding carboxylic acids is 1. The third kappa shape index (κ3) is 3.62. The molecule has 6 nitrogen and oxygen atoms in total. The largest absolute Gasteiger partial charge is 0.444 e. The van der Waals surface area contributed by atoms with Crippen molar-refractivity contribution < 1.29 is 9.53 Å². The highest BCUT2D eigenvalue weighted by molar-refractivity contribution is 5.68. The van der Waals surface area contributed by atoms with Gasteiger partial charge in [-0.1, -0.05) is 13.8 Å². The van der Waals surface area contributed by atoms with Gasteiger partial charge in [0.2, 0.25) is 0 Å². The minimum Gasteiger partial charge on any atom is -0.444 e. The summed E-state index contributed by atoms with van der Waals surface area (Å²) in [6.07, 6.45) is 0.149. The molecule has 0 aromatic carbocycles. The number of hydrogen-bond acceptors (Lipinski definition) is 4. The average Bonchev–Trinajstić information content (AvgIpc) is 2.35. The molecule has 0 saturated carbocycles. The number of carbonyl (C=O) groups is 1. The molecule has 1 aromatic heterocycles. The van der Waals surface area contributed by atoms with E-state index in [-0.39, 0.29) is 17.6 Å². The highest BCUT2D eigenvalue weighted by atomic mass is 16.6. The zero-order valence-corrected chi connectivity index (χ0v) is 13.3. The summed E-state index contributed by atoms with van der Waals surface area (Å²) < 4.78 is 5.37. The Morgan fingerprint density at radius 3 is 2.62 bits per heavy atom. The Balaban J connectivity index is 2.23. The number of fused-ring (bicyclic) bond motifs is 1. The molecule has 1 amide bonds. The van der Waals surface area contributed by atoms with Gasteiger partial charge in [-0.2, -0.15) is 0 Å². The lowest BCUT2D eigenvalue weighted by atomic mass is 10.1. The number of amides is 1. The van der Waals surface area contributed by atoms with Crippen LogP contribution in [0.15, 0.2) is 4.79 Å². The van der Waals surface area contributed by atoms with Crippen molar-refractivity contribution in [1.82, 2.24) is 14.9 Å². The Morgan fingerprint density at radius 1 is 1.38 bits per heavy atom. The van der Waals surface area contributed by atoms with Gasteiger partial charge in [-0.15, -0.1) is 0 Å².